The molecule has 0 radical (unpaired) electrons. The van der Waals surface area contributed by atoms with Crippen molar-refractivity contribution in [2.24, 2.45) is 0 Å². The zero-order valence-electron chi connectivity index (χ0n) is 11.1. The molecule has 1 aliphatic carbocycles. The molecule has 1 aromatic heterocycles. The van der Waals surface area contributed by atoms with E-state index in [1.807, 2.05) is 12.4 Å². The Balaban J connectivity index is 1.92. The molecule has 0 bridgehead atoms. The third kappa shape index (κ3) is 2.25. The third-order valence-corrected chi connectivity index (χ3v) is 4.02. The Labute approximate surface area is 108 Å². The Morgan fingerprint density at radius 1 is 1.17 bits per heavy atom. The van der Waals surface area contributed by atoms with Gasteiger partial charge in [0.1, 0.15) is 0 Å². The van der Waals surface area contributed by atoms with E-state index in [9.17, 15) is 0 Å². The molecule has 0 saturated heterocycles. The smallest absolute Gasteiger partial charge is 0.0346 e. The fourth-order valence-electron chi connectivity index (χ4n) is 2.54. The maximum atomic E-state index is 4.38. The second-order valence-electron chi connectivity index (χ2n) is 5.47. The number of nitrogens with zero attached hydrogens (tertiary/aromatic N) is 1. The molecular weight excluding hydrogens is 220 g/mol. The van der Waals surface area contributed by atoms with Crippen molar-refractivity contribution in [3.05, 3.63) is 42.2 Å². The van der Waals surface area contributed by atoms with Crippen molar-refractivity contribution in [2.45, 2.75) is 44.7 Å². The van der Waals surface area contributed by atoms with Gasteiger partial charge < -0.3 is 5.32 Å². The second kappa shape index (κ2) is 4.69. The fourth-order valence-corrected chi connectivity index (χ4v) is 2.54. The van der Waals surface area contributed by atoms with Crippen LogP contribution in [-0.2, 0) is 0 Å². The SMILES string of the molecule is CC(NC1CC1)C(C)c1cncc2ccccc12. The highest BCUT2D eigenvalue weighted by atomic mass is 15.0. The largest absolute Gasteiger partial charge is 0.311 e. The molecule has 2 aromatic rings. The van der Waals surface area contributed by atoms with Crippen LogP contribution in [0.2, 0.25) is 0 Å². The second-order valence-corrected chi connectivity index (χ2v) is 5.47. The van der Waals surface area contributed by atoms with Crippen LogP contribution in [0.3, 0.4) is 0 Å². The molecular formula is C16H20N2. The summed E-state index contributed by atoms with van der Waals surface area (Å²) in [5, 5.41) is 6.26. The number of fused-ring (bicyclic) bond motifs is 1. The Bertz CT molecular complexity index is 540. The zero-order chi connectivity index (χ0) is 12.5. The predicted octanol–water partition coefficient (Wildman–Crippen LogP) is 3.48. The van der Waals surface area contributed by atoms with Crippen LogP contribution in [0.1, 0.15) is 38.2 Å². The number of nitrogens with one attached hydrogen (secondary N) is 1. The maximum Gasteiger partial charge on any atom is 0.0346 e. The van der Waals surface area contributed by atoms with Crippen LogP contribution >= 0.6 is 0 Å². The van der Waals surface area contributed by atoms with Crippen molar-refractivity contribution in [3.63, 3.8) is 0 Å². The lowest BCUT2D eigenvalue weighted by molar-refractivity contribution is 0.480. The third-order valence-electron chi connectivity index (χ3n) is 4.02. The summed E-state index contributed by atoms with van der Waals surface area (Å²) < 4.78 is 0. The van der Waals surface area contributed by atoms with Gasteiger partial charge in [0.25, 0.3) is 0 Å². The van der Waals surface area contributed by atoms with Crippen LogP contribution in [0.25, 0.3) is 10.8 Å². The highest BCUT2D eigenvalue weighted by molar-refractivity contribution is 5.85. The normalized spacial score (nSPS) is 18.8. The fraction of sp³-hybridized carbons (Fsp3) is 0.438. The number of pyridine rings is 1. The Kier molecular flexibility index (Phi) is 3.04. The lowest BCUT2D eigenvalue weighted by Crippen LogP contribution is -2.32. The molecule has 2 atom stereocenters. The van der Waals surface area contributed by atoms with Gasteiger partial charge in [-0.25, -0.2) is 0 Å². The van der Waals surface area contributed by atoms with Crippen molar-refractivity contribution in [1.29, 1.82) is 0 Å². The predicted molar refractivity (Wildman–Crippen MR) is 75.8 cm³/mol. The summed E-state index contributed by atoms with van der Waals surface area (Å²) in [6.07, 6.45) is 6.65. The van der Waals surface area contributed by atoms with Gasteiger partial charge >= 0.3 is 0 Å². The number of aromatic nitrogens is 1. The van der Waals surface area contributed by atoms with E-state index in [1.54, 1.807) is 0 Å². The van der Waals surface area contributed by atoms with Crippen LogP contribution in [-0.4, -0.2) is 17.1 Å². The van der Waals surface area contributed by atoms with Gasteiger partial charge in [-0.1, -0.05) is 31.2 Å². The van der Waals surface area contributed by atoms with Gasteiger partial charge in [-0.15, -0.1) is 0 Å². The average Bonchev–Trinajstić information content (AvgIpc) is 3.21. The zero-order valence-corrected chi connectivity index (χ0v) is 11.1. The van der Waals surface area contributed by atoms with E-state index in [2.05, 4.69) is 48.4 Å². The first-order valence-corrected chi connectivity index (χ1v) is 6.84. The molecule has 2 nitrogen and oxygen atoms in total. The van der Waals surface area contributed by atoms with E-state index in [4.69, 9.17) is 0 Å². The van der Waals surface area contributed by atoms with Crippen molar-refractivity contribution < 1.29 is 0 Å². The van der Waals surface area contributed by atoms with Crippen LogP contribution < -0.4 is 5.32 Å². The van der Waals surface area contributed by atoms with Gasteiger partial charge in [-0.05, 0) is 36.6 Å². The molecule has 1 aromatic carbocycles. The molecule has 3 rings (SSSR count). The molecule has 2 unspecified atom stereocenters. The number of hydrogen-bond acceptors (Lipinski definition) is 2. The summed E-state index contributed by atoms with van der Waals surface area (Å²) >= 11 is 0. The first kappa shape index (κ1) is 11.7. The summed E-state index contributed by atoms with van der Waals surface area (Å²) in [6.45, 7) is 4.58. The average molecular weight is 240 g/mol. The minimum absolute atomic E-state index is 0.490. The van der Waals surface area contributed by atoms with Crippen LogP contribution in [0.5, 0.6) is 0 Å². The Morgan fingerprint density at radius 2 is 1.94 bits per heavy atom. The molecule has 1 aliphatic rings. The minimum atomic E-state index is 0.490. The molecule has 18 heavy (non-hydrogen) atoms. The van der Waals surface area contributed by atoms with E-state index >= 15 is 0 Å². The number of hydrogen-bond donors (Lipinski definition) is 1. The van der Waals surface area contributed by atoms with Crippen molar-refractivity contribution in [1.82, 2.24) is 10.3 Å². The molecule has 0 amide bonds. The summed E-state index contributed by atoms with van der Waals surface area (Å²) in [4.78, 5) is 4.38. The topological polar surface area (TPSA) is 24.9 Å². The molecule has 0 spiro atoms. The molecule has 1 N–H and O–H groups in total. The monoisotopic (exact) mass is 240 g/mol. The van der Waals surface area contributed by atoms with E-state index in [1.165, 1.54) is 29.2 Å². The van der Waals surface area contributed by atoms with Crippen LogP contribution in [0.15, 0.2) is 36.7 Å². The van der Waals surface area contributed by atoms with Crippen molar-refractivity contribution in [2.75, 3.05) is 0 Å². The molecule has 1 heterocycles. The quantitative estimate of drug-likeness (QED) is 0.885. The van der Waals surface area contributed by atoms with E-state index in [0.717, 1.165) is 6.04 Å². The molecule has 0 aliphatic heterocycles. The lowest BCUT2D eigenvalue weighted by atomic mass is 9.92. The molecule has 2 heteroatoms. The number of rotatable bonds is 4. The van der Waals surface area contributed by atoms with Crippen molar-refractivity contribution in [3.8, 4) is 0 Å². The van der Waals surface area contributed by atoms with Crippen LogP contribution in [0.4, 0.5) is 0 Å². The Hall–Kier alpha value is -1.41. The summed E-state index contributed by atoms with van der Waals surface area (Å²) in [5.74, 6) is 0.490. The summed E-state index contributed by atoms with van der Waals surface area (Å²) in [7, 11) is 0. The standard InChI is InChI=1S/C16H20N2/c1-11(12(2)18-14-7-8-14)16-10-17-9-13-5-3-4-6-15(13)16/h3-6,9-12,14,18H,7-8H2,1-2H3. The van der Waals surface area contributed by atoms with Gasteiger partial charge in [0.2, 0.25) is 0 Å². The minimum Gasteiger partial charge on any atom is -0.311 e. The highest BCUT2D eigenvalue weighted by Crippen LogP contribution is 2.28. The first-order valence-electron chi connectivity index (χ1n) is 6.84. The molecule has 1 saturated carbocycles. The summed E-state index contributed by atoms with van der Waals surface area (Å²) in [6, 6.07) is 9.78. The van der Waals surface area contributed by atoms with E-state index < -0.39 is 0 Å². The van der Waals surface area contributed by atoms with Gasteiger partial charge in [-0.2, -0.15) is 0 Å². The number of benzene rings is 1. The van der Waals surface area contributed by atoms with Gasteiger partial charge in [-0.3, -0.25) is 4.98 Å². The first-order chi connectivity index (χ1) is 8.75. The Morgan fingerprint density at radius 3 is 2.72 bits per heavy atom. The van der Waals surface area contributed by atoms with E-state index in [0.29, 0.717) is 12.0 Å². The van der Waals surface area contributed by atoms with Gasteiger partial charge in [0.05, 0.1) is 0 Å². The highest BCUT2D eigenvalue weighted by Gasteiger charge is 2.26. The van der Waals surface area contributed by atoms with E-state index in [-0.39, 0.29) is 0 Å². The van der Waals surface area contributed by atoms with Crippen LogP contribution in [0, 0.1) is 0 Å². The molecule has 1 fully saturated rings. The molecule has 94 valence electrons. The summed E-state index contributed by atoms with van der Waals surface area (Å²) in [5.41, 5.74) is 1.36. The van der Waals surface area contributed by atoms with Crippen molar-refractivity contribution >= 4 is 10.8 Å². The van der Waals surface area contributed by atoms with Gasteiger partial charge in [0, 0.05) is 29.9 Å². The van der Waals surface area contributed by atoms with Gasteiger partial charge in [0.15, 0.2) is 0 Å². The lowest BCUT2D eigenvalue weighted by Gasteiger charge is -2.22. The maximum absolute atomic E-state index is 4.38.